The van der Waals surface area contributed by atoms with Gasteiger partial charge in [0, 0.05) is 24.6 Å². The minimum absolute atomic E-state index is 0.0897. The lowest BCUT2D eigenvalue weighted by Gasteiger charge is -2.33. The molecule has 2 atom stereocenters. The fourth-order valence-corrected chi connectivity index (χ4v) is 2.64. The van der Waals surface area contributed by atoms with Gasteiger partial charge in [-0.05, 0) is 26.0 Å². The highest BCUT2D eigenvalue weighted by Gasteiger charge is 2.27. The highest BCUT2D eigenvalue weighted by molar-refractivity contribution is 5.79. The van der Waals surface area contributed by atoms with Crippen molar-refractivity contribution in [1.29, 1.82) is 0 Å². The number of hydrogen-bond acceptors (Lipinski definition) is 2. The van der Waals surface area contributed by atoms with Crippen molar-refractivity contribution >= 4 is 5.91 Å². The molecule has 19 heavy (non-hydrogen) atoms. The van der Waals surface area contributed by atoms with E-state index in [1.54, 1.807) is 19.2 Å². The van der Waals surface area contributed by atoms with E-state index in [1.807, 2.05) is 17.9 Å². The van der Waals surface area contributed by atoms with Crippen LogP contribution < -0.4 is 5.32 Å². The van der Waals surface area contributed by atoms with Gasteiger partial charge in [-0.25, -0.2) is 4.39 Å². The van der Waals surface area contributed by atoms with Gasteiger partial charge in [0.25, 0.3) is 0 Å². The van der Waals surface area contributed by atoms with Gasteiger partial charge >= 0.3 is 0 Å². The second-order valence-corrected chi connectivity index (χ2v) is 5.19. The first-order valence-electron chi connectivity index (χ1n) is 6.84. The van der Waals surface area contributed by atoms with Gasteiger partial charge < -0.3 is 10.2 Å². The molecule has 0 spiro atoms. The molecule has 1 N–H and O–H groups in total. The molecule has 0 aliphatic carbocycles. The molecular weight excluding hydrogens is 243 g/mol. The number of carbonyl (C=O) groups is 1. The number of halogens is 1. The third-order valence-corrected chi connectivity index (χ3v) is 3.83. The Hall–Kier alpha value is -1.42. The molecule has 1 saturated heterocycles. The molecule has 1 heterocycles. The predicted octanol–water partition coefficient (Wildman–Crippen LogP) is 2.34. The zero-order valence-corrected chi connectivity index (χ0v) is 11.5. The van der Waals surface area contributed by atoms with Gasteiger partial charge in [-0.1, -0.05) is 25.1 Å². The summed E-state index contributed by atoms with van der Waals surface area (Å²) in [5.74, 6) is 0.0501. The van der Waals surface area contributed by atoms with Crippen LogP contribution in [-0.2, 0) is 4.79 Å². The molecule has 1 fully saturated rings. The molecule has 2 rings (SSSR count). The first kappa shape index (κ1) is 14.0. The molecule has 4 heteroatoms. The maximum atomic E-state index is 13.8. The fraction of sp³-hybridized carbons (Fsp3) is 0.533. The number of nitrogens with zero attached hydrogens (tertiary/aromatic N) is 1. The summed E-state index contributed by atoms with van der Waals surface area (Å²) >= 11 is 0. The Morgan fingerprint density at radius 2 is 2.21 bits per heavy atom. The van der Waals surface area contributed by atoms with Crippen molar-refractivity contribution in [3.8, 4) is 0 Å². The topological polar surface area (TPSA) is 32.3 Å². The van der Waals surface area contributed by atoms with Crippen molar-refractivity contribution in [3.05, 3.63) is 35.6 Å². The molecule has 1 aliphatic rings. The first-order valence-corrected chi connectivity index (χ1v) is 6.84. The van der Waals surface area contributed by atoms with Crippen LogP contribution in [0, 0.1) is 11.7 Å². The summed E-state index contributed by atoms with van der Waals surface area (Å²) in [6, 6.07) is 6.58. The van der Waals surface area contributed by atoms with Gasteiger partial charge in [-0.3, -0.25) is 4.79 Å². The second-order valence-electron chi connectivity index (χ2n) is 5.19. The van der Waals surface area contributed by atoms with E-state index in [0.29, 0.717) is 12.1 Å². The number of hydrogen-bond donors (Lipinski definition) is 1. The monoisotopic (exact) mass is 264 g/mol. The van der Waals surface area contributed by atoms with Crippen LogP contribution in [-0.4, -0.2) is 30.9 Å². The third kappa shape index (κ3) is 3.13. The number of likely N-dealkylation sites (tertiary alicyclic amines) is 1. The van der Waals surface area contributed by atoms with Gasteiger partial charge in [0.1, 0.15) is 5.82 Å². The van der Waals surface area contributed by atoms with E-state index in [1.165, 1.54) is 6.07 Å². The summed E-state index contributed by atoms with van der Waals surface area (Å²) in [7, 11) is 1.80. The summed E-state index contributed by atoms with van der Waals surface area (Å²) in [6.07, 6.45) is 1.99. The molecule has 2 unspecified atom stereocenters. The molecule has 0 saturated carbocycles. The van der Waals surface area contributed by atoms with Crippen LogP contribution in [0.3, 0.4) is 0 Å². The molecule has 0 aromatic heterocycles. The predicted molar refractivity (Wildman–Crippen MR) is 73.2 cm³/mol. The molecule has 1 aliphatic heterocycles. The minimum atomic E-state index is -0.223. The lowest BCUT2D eigenvalue weighted by atomic mass is 9.97. The Bertz CT molecular complexity index is 450. The number of nitrogens with one attached hydrogen (secondary N) is 1. The van der Waals surface area contributed by atoms with Gasteiger partial charge in [0.15, 0.2) is 0 Å². The lowest BCUT2D eigenvalue weighted by Crippen LogP contribution is -2.44. The molecule has 104 valence electrons. The normalized spacial score (nSPS) is 21.5. The Morgan fingerprint density at radius 1 is 1.47 bits per heavy atom. The zero-order chi connectivity index (χ0) is 13.8. The van der Waals surface area contributed by atoms with Crippen molar-refractivity contribution in [1.82, 2.24) is 10.2 Å². The second kappa shape index (κ2) is 6.15. The summed E-state index contributed by atoms with van der Waals surface area (Å²) in [6.45, 7) is 3.27. The van der Waals surface area contributed by atoms with Crippen molar-refractivity contribution in [2.45, 2.75) is 25.8 Å². The van der Waals surface area contributed by atoms with Crippen LogP contribution in [0.4, 0.5) is 4.39 Å². The Morgan fingerprint density at radius 3 is 2.89 bits per heavy atom. The molecule has 1 aromatic rings. The summed E-state index contributed by atoms with van der Waals surface area (Å²) in [5.41, 5.74) is 0.621. The molecule has 1 amide bonds. The number of carbonyl (C=O) groups excluding carboxylic acids is 1. The smallest absolute Gasteiger partial charge is 0.225 e. The molecular formula is C15H21FN2O. The van der Waals surface area contributed by atoms with Crippen molar-refractivity contribution < 1.29 is 9.18 Å². The highest BCUT2D eigenvalue weighted by atomic mass is 19.1. The van der Waals surface area contributed by atoms with Crippen LogP contribution in [0.5, 0.6) is 0 Å². The van der Waals surface area contributed by atoms with Crippen molar-refractivity contribution in [2.24, 2.45) is 5.92 Å². The fourth-order valence-electron chi connectivity index (χ4n) is 2.64. The first-order chi connectivity index (χ1) is 9.13. The van der Waals surface area contributed by atoms with Crippen LogP contribution in [0.25, 0.3) is 0 Å². The van der Waals surface area contributed by atoms with Crippen LogP contribution >= 0.6 is 0 Å². The van der Waals surface area contributed by atoms with Crippen molar-refractivity contribution in [3.63, 3.8) is 0 Å². The average molecular weight is 264 g/mol. The van der Waals surface area contributed by atoms with Crippen LogP contribution in [0.1, 0.15) is 31.4 Å². The van der Waals surface area contributed by atoms with Crippen LogP contribution in [0.2, 0.25) is 0 Å². The number of benzene rings is 1. The highest BCUT2D eigenvalue weighted by Crippen LogP contribution is 2.22. The Balaban J connectivity index is 2.11. The molecule has 3 nitrogen and oxygen atoms in total. The van der Waals surface area contributed by atoms with E-state index < -0.39 is 0 Å². The van der Waals surface area contributed by atoms with Crippen molar-refractivity contribution in [2.75, 3.05) is 20.1 Å². The van der Waals surface area contributed by atoms with Gasteiger partial charge in [0.2, 0.25) is 5.91 Å². The van der Waals surface area contributed by atoms with Gasteiger partial charge in [-0.15, -0.1) is 0 Å². The lowest BCUT2D eigenvalue weighted by molar-refractivity contribution is -0.138. The number of amides is 1. The Labute approximate surface area is 113 Å². The van der Waals surface area contributed by atoms with E-state index >= 15 is 0 Å². The SMILES string of the molecule is CNC(CN1CCCC(C)C1=O)c1ccccc1F. The number of rotatable bonds is 4. The number of piperidine rings is 1. The number of likely N-dealkylation sites (N-methyl/N-ethyl adjacent to an activating group) is 1. The zero-order valence-electron chi connectivity index (χ0n) is 11.5. The summed E-state index contributed by atoms with van der Waals surface area (Å²) < 4.78 is 13.8. The van der Waals surface area contributed by atoms with Gasteiger partial charge in [0.05, 0.1) is 6.04 Å². The average Bonchev–Trinajstić information content (AvgIpc) is 2.41. The van der Waals surface area contributed by atoms with Crippen LogP contribution in [0.15, 0.2) is 24.3 Å². The van der Waals surface area contributed by atoms with E-state index in [2.05, 4.69) is 5.32 Å². The van der Waals surface area contributed by atoms with E-state index in [-0.39, 0.29) is 23.7 Å². The van der Waals surface area contributed by atoms with Gasteiger partial charge in [-0.2, -0.15) is 0 Å². The minimum Gasteiger partial charge on any atom is -0.341 e. The quantitative estimate of drug-likeness (QED) is 0.905. The summed E-state index contributed by atoms with van der Waals surface area (Å²) in [4.78, 5) is 13.9. The third-order valence-electron chi connectivity index (χ3n) is 3.83. The summed E-state index contributed by atoms with van der Waals surface area (Å²) in [5, 5.41) is 3.11. The largest absolute Gasteiger partial charge is 0.341 e. The standard InChI is InChI=1S/C15H21FN2O/c1-11-6-5-9-18(15(11)19)10-14(17-2)12-7-3-4-8-13(12)16/h3-4,7-8,11,14,17H,5-6,9-10H2,1-2H3. The molecule has 1 aromatic carbocycles. The van der Waals surface area contributed by atoms with E-state index in [9.17, 15) is 9.18 Å². The Kier molecular flexibility index (Phi) is 4.53. The molecule has 0 radical (unpaired) electrons. The maximum Gasteiger partial charge on any atom is 0.225 e. The van der Waals surface area contributed by atoms with E-state index in [4.69, 9.17) is 0 Å². The van der Waals surface area contributed by atoms with E-state index in [0.717, 1.165) is 19.4 Å². The molecule has 0 bridgehead atoms. The maximum absolute atomic E-state index is 13.8.